The molecule has 3 N–H and O–H groups in total. The van der Waals surface area contributed by atoms with Gasteiger partial charge in [-0.25, -0.2) is 5.01 Å². The summed E-state index contributed by atoms with van der Waals surface area (Å²) >= 11 is 3.36. The third-order valence-electron chi connectivity index (χ3n) is 3.84. The van der Waals surface area contributed by atoms with Crippen LogP contribution >= 0.6 is 15.9 Å². The predicted molar refractivity (Wildman–Crippen MR) is 106 cm³/mol. The van der Waals surface area contributed by atoms with E-state index in [1.165, 1.54) is 0 Å². The monoisotopic (exact) mass is 428 g/mol. The van der Waals surface area contributed by atoms with E-state index in [1.54, 1.807) is 67.8 Å². The van der Waals surface area contributed by atoms with E-state index in [-0.39, 0.29) is 5.91 Å². The summed E-state index contributed by atoms with van der Waals surface area (Å²) in [5.41, 5.74) is 5.20. The lowest BCUT2D eigenvalue weighted by atomic mass is 9.95. The summed E-state index contributed by atoms with van der Waals surface area (Å²) in [5, 5.41) is 6.93. The molecule has 0 saturated heterocycles. The molecule has 0 bridgehead atoms. The Morgan fingerprint density at radius 2 is 1.74 bits per heavy atom. The molecule has 0 fully saturated rings. The number of fused-ring (bicyclic) bond motifs is 1. The first-order valence-corrected chi connectivity index (χ1v) is 8.85. The Bertz CT molecular complexity index is 952. The van der Waals surface area contributed by atoms with Crippen LogP contribution in [0.5, 0.6) is 0 Å². The van der Waals surface area contributed by atoms with Gasteiger partial charge in [0.25, 0.3) is 17.7 Å². The summed E-state index contributed by atoms with van der Waals surface area (Å²) in [4.78, 5) is 36.1. The molecule has 0 spiro atoms. The van der Waals surface area contributed by atoms with E-state index < -0.39 is 11.8 Å². The number of hydrogen-bond acceptors (Lipinski definition) is 5. The molecule has 0 aliphatic carbocycles. The fourth-order valence-electron chi connectivity index (χ4n) is 2.58. The van der Waals surface area contributed by atoms with Crippen molar-refractivity contribution in [2.75, 3.05) is 19.4 Å². The molecule has 138 valence electrons. The van der Waals surface area contributed by atoms with Gasteiger partial charge in [-0.3, -0.25) is 25.1 Å². The number of nitrogens with zero attached hydrogens (tertiary/aromatic N) is 1. The van der Waals surface area contributed by atoms with Crippen LogP contribution in [0.4, 0.5) is 5.69 Å². The van der Waals surface area contributed by atoms with Gasteiger partial charge >= 0.3 is 0 Å². The highest BCUT2D eigenvalue weighted by molar-refractivity contribution is 9.10. The Hall–Kier alpha value is -2.97. The number of amides is 3. The fraction of sp³-hybridized carbons (Fsp3) is 0.105. The maximum absolute atomic E-state index is 12.2. The maximum atomic E-state index is 12.2. The van der Waals surface area contributed by atoms with Crippen molar-refractivity contribution in [3.05, 3.63) is 69.8 Å². The predicted octanol–water partition coefficient (Wildman–Crippen LogP) is 2.38. The van der Waals surface area contributed by atoms with Crippen LogP contribution in [0.3, 0.4) is 0 Å². The SMILES string of the molecule is CN(C)NC(=O)c1ccc(N/C=C2\C(=O)NC(=O)c3ccc(Br)cc32)cc1. The largest absolute Gasteiger partial charge is 0.361 e. The second-order valence-electron chi connectivity index (χ2n) is 6.09. The van der Waals surface area contributed by atoms with E-state index in [0.717, 1.165) is 4.47 Å². The lowest BCUT2D eigenvalue weighted by Gasteiger charge is -2.18. The molecule has 0 unspecified atom stereocenters. The summed E-state index contributed by atoms with van der Waals surface area (Å²) in [6, 6.07) is 12.0. The topological polar surface area (TPSA) is 90.5 Å². The van der Waals surface area contributed by atoms with Crippen LogP contribution in [0.15, 0.2) is 53.1 Å². The van der Waals surface area contributed by atoms with E-state index in [2.05, 4.69) is 32.0 Å². The van der Waals surface area contributed by atoms with Gasteiger partial charge in [0.05, 0.1) is 5.57 Å². The van der Waals surface area contributed by atoms with E-state index >= 15 is 0 Å². The van der Waals surface area contributed by atoms with Crippen LogP contribution in [-0.4, -0.2) is 36.8 Å². The minimum absolute atomic E-state index is 0.214. The van der Waals surface area contributed by atoms with Crippen molar-refractivity contribution in [1.29, 1.82) is 0 Å². The van der Waals surface area contributed by atoms with Crippen LogP contribution in [0.2, 0.25) is 0 Å². The Morgan fingerprint density at radius 3 is 2.41 bits per heavy atom. The molecule has 0 aromatic heterocycles. The van der Waals surface area contributed by atoms with E-state index in [1.807, 2.05) is 0 Å². The zero-order chi connectivity index (χ0) is 19.6. The lowest BCUT2D eigenvalue weighted by molar-refractivity contribution is -0.114. The molecule has 1 aliphatic rings. The van der Waals surface area contributed by atoms with Crippen LogP contribution in [0.25, 0.3) is 5.57 Å². The lowest BCUT2D eigenvalue weighted by Crippen LogP contribution is -2.36. The quantitative estimate of drug-likeness (QED) is 0.395. The molecule has 1 aliphatic heterocycles. The second-order valence-corrected chi connectivity index (χ2v) is 7.00. The van der Waals surface area contributed by atoms with Crippen LogP contribution in [0.1, 0.15) is 26.3 Å². The Balaban J connectivity index is 1.83. The number of imide groups is 1. The molecule has 0 radical (unpaired) electrons. The molecule has 8 heteroatoms. The highest BCUT2D eigenvalue weighted by atomic mass is 79.9. The van der Waals surface area contributed by atoms with Gasteiger partial charge in [-0.1, -0.05) is 15.9 Å². The first kappa shape index (κ1) is 18.8. The van der Waals surface area contributed by atoms with Gasteiger partial charge in [-0.15, -0.1) is 0 Å². The molecule has 0 saturated carbocycles. The van der Waals surface area contributed by atoms with Gasteiger partial charge in [0.1, 0.15) is 0 Å². The van der Waals surface area contributed by atoms with E-state index in [9.17, 15) is 14.4 Å². The highest BCUT2D eigenvalue weighted by Gasteiger charge is 2.27. The number of hydrazine groups is 1. The van der Waals surface area contributed by atoms with Crippen molar-refractivity contribution < 1.29 is 14.4 Å². The number of carbonyl (C=O) groups is 3. The molecule has 2 aromatic rings. The van der Waals surface area contributed by atoms with Gasteiger partial charge in [-0.05, 0) is 42.5 Å². The zero-order valence-electron chi connectivity index (χ0n) is 14.7. The number of benzene rings is 2. The molecule has 27 heavy (non-hydrogen) atoms. The molecular weight excluding hydrogens is 412 g/mol. The average Bonchev–Trinajstić information content (AvgIpc) is 2.61. The van der Waals surface area contributed by atoms with Crippen LogP contribution < -0.4 is 16.1 Å². The highest BCUT2D eigenvalue weighted by Crippen LogP contribution is 2.27. The van der Waals surface area contributed by atoms with E-state index in [0.29, 0.717) is 28.0 Å². The van der Waals surface area contributed by atoms with Crippen molar-refractivity contribution in [1.82, 2.24) is 15.8 Å². The number of carbonyl (C=O) groups excluding carboxylic acids is 3. The van der Waals surface area contributed by atoms with Crippen molar-refractivity contribution in [3.63, 3.8) is 0 Å². The summed E-state index contributed by atoms with van der Waals surface area (Å²) in [6.45, 7) is 0. The van der Waals surface area contributed by atoms with Crippen molar-refractivity contribution >= 4 is 44.9 Å². The fourth-order valence-corrected chi connectivity index (χ4v) is 2.94. The molecule has 3 amide bonds. The van der Waals surface area contributed by atoms with Crippen molar-refractivity contribution in [3.8, 4) is 0 Å². The van der Waals surface area contributed by atoms with Gasteiger partial charge in [0.15, 0.2) is 0 Å². The van der Waals surface area contributed by atoms with Gasteiger partial charge < -0.3 is 5.32 Å². The first-order valence-electron chi connectivity index (χ1n) is 8.06. The molecule has 2 aromatic carbocycles. The smallest absolute Gasteiger partial charge is 0.265 e. The average molecular weight is 429 g/mol. The normalized spacial score (nSPS) is 14.7. The summed E-state index contributed by atoms with van der Waals surface area (Å²) in [6.07, 6.45) is 1.54. The Labute approximate surface area is 164 Å². The summed E-state index contributed by atoms with van der Waals surface area (Å²) in [5.74, 6) is -1.11. The summed E-state index contributed by atoms with van der Waals surface area (Å²) < 4.78 is 0.769. The second kappa shape index (κ2) is 7.73. The van der Waals surface area contributed by atoms with Crippen LogP contribution in [0, 0.1) is 0 Å². The third-order valence-corrected chi connectivity index (χ3v) is 4.34. The van der Waals surface area contributed by atoms with Crippen molar-refractivity contribution in [2.24, 2.45) is 0 Å². The minimum Gasteiger partial charge on any atom is -0.361 e. The molecule has 1 heterocycles. The maximum Gasteiger partial charge on any atom is 0.265 e. The molecular formula is C19H17BrN4O3. The van der Waals surface area contributed by atoms with Gasteiger partial charge in [-0.2, -0.15) is 0 Å². The minimum atomic E-state index is -0.472. The van der Waals surface area contributed by atoms with Crippen molar-refractivity contribution in [2.45, 2.75) is 0 Å². The Morgan fingerprint density at radius 1 is 1.04 bits per heavy atom. The van der Waals surface area contributed by atoms with Gasteiger partial charge in [0, 0.05) is 47.1 Å². The number of hydrogen-bond donors (Lipinski definition) is 3. The van der Waals surface area contributed by atoms with Gasteiger partial charge in [0.2, 0.25) is 0 Å². The number of rotatable bonds is 4. The Kier molecular flexibility index (Phi) is 5.38. The number of nitrogens with one attached hydrogen (secondary N) is 3. The number of halogens is 1. The molecule has 0 atom stereocenters. The standard InChI is InChI=1S/C19H17BrN4O3/c1-24(2)23-17(25)11-3-6-13(7-4-11)21-10-16-15-9-12(20)5-8-14(15)18(26)22-19(16)27/h3-10,21H,1-2H3,(H,23,25)(H,22,26,27)/b16-10-. The molecule has 3 rings (SSSR count). The zero-order valence-corrected chi connectivity index (χ0v) is 16.3. The summed E-state index contributed by atoms with van der Waals surface area (Å²) in [7, 11) is 3.46. The van der Waals surface area contributed by atoms with E-state index in [4.69, 9.17) is 0 Å². The first-order chi connectivity index (χ1) is 12.8. The number of anilines is 1. The third kappa shape index (κ3) is 4.24. The van der Waals surface area contributed by atoms with Crippen LogP contribution in [-0.2, 0) is 4.79 Å². The molecule has 7 nitrogen and oxygen atoms in total.